The molecule has 0 radical (unpaired) electrons. The van der Waals surface area contributed by atoms with Gasteiger partial charge in [-0.15, -0.1) is 0 Å². The van der Waals surface area contributed by atoms with E-state index >= 15 is 0 Å². The smallest absolute Gasteiger partial charge is 0.310 e. The number of nitrogens with one attached hydrogen (secondary N) is 2. The quantitative estimate of drug-likeness (QED) is 0.386. The van der Waals surface area contributed by atoms with Gasteiger partial charge in [-0.2, -0.15) is 5.10 Å². The minimum absolute atomic E-state index is 0.000614. The number of likely N-dealkylation sites (tertiary alicyclic amines) is 1. The van der Waals surface area contributed by atoms with Crippen LogP contribution in [0, 0.1) is 18.2 Å². The Morgan fingerprint density at radius 1 is 1.32 bits per heavy atom. The third-order valence-electron chi connectivity index (χ3n) is 6.43. The number of aryl methyl sites for hydroxylation is 1. The Morgan fingerprint density at radius 3 is 2.79 bits per heavy atom. The molecule has 0 unspecified atom stereocenters. The van der Waals surface area contributed by atoms with Gasteiger partial charge in [0.15, 0.2) is 5.82 Å². The van der Waals surface area contributed by atoms with Crippen LogP contribution in [-0.2, 0) is 17.8 Å². The van der Waals surface area contributed by atoms with E-state index in [0.29, 0.717) is 47.6 Å². The molecule has 2 atom stereocenters. The van der Waals surface area contributed by atoms with Crippen molar-refractivity contribution in [3.05, 3.63) is 69.2 Å². The predicted octanol–water partition coefficient (Wildman–Crippen LogP) is 5.60. The molecule has 1 fully saturated rings. The summed E-state index contributed by atoms with van der Waals surface area (Å²) in [5, 5.41) is 21.1. The summed E-state index contributed by atoms with van der Waals surface area (Å²) in [5.74, 6) is -0.505. The van der Waals surface area contributed by atoms with Gasteiger partial charge in [0.2, 0.25) is 0 Å². The number of nitrogens with zero attached hydrogens (tertiary/aromatic N) is 3. The van der Waals surface area contributed by atoms with E-state index in [1.807, 2.05) is 26.0 Å². The summed E-state index contributed by atoms with van der Waals surface area (Å²) in [6, 6.07) is 10.1. The van der Waals surface area contributed by atoms with Gasteiger partial charge in [-0.3, -0.25) is 14.8 Å². The molecule has 0 spiro atoms. The molecule has 3 aromatic rings. The number of anilines is 2. The SMILES string of the molecule is Cc1cc(Nc2ccc(F)c(C[C@@]3(C(=O)O)CCN(Cc4cccc(Cl)c4Cl)[C@H](C)C3)n2)n[nH]1. The number of hydrogen-bond donors (Lipinski definition) is 3. The zero-order valence-electron chi connectivity index (χ0n) is 18.9. The van der Waals surface area contributed by atoms with Gasteiger partial charge in [0.05, 0.1) is 21.2 Å². The van der Waals surface area contributed by atoms with E-state index in [9.17, 15) is 14.3 Å². The zero-order valence-corrected chi connectivity index (χ0v) is 20.4. The van der Waals surface area contributed by atoms with E-state index in [0.717, 1.165) is 11.3 Å². The van der Waals surface area contributed by atoms with Crippen molar-refractivity contribution in [2.45, 2.75) is 45.7 Å². The first-order chi connectivity index (χ1) is 16.2. The molecule has 7 nitrogen and oxygen atoms in total. The standard InChI is InChI=1S/C24H26Cl2FN5O2/c1-14-10-21(31-30-14)29-20-7-6-18(27)19(28-20)12-24(23(33)34)8-9-32(15(2)11-24)13-16-4-3-5-17(25)22(16)26/h3-7,10,15H,8-9,11-13H2,1-2H3,(H,33,34)(H2,28,29,30,31)/t15-,24-/m1/s1. The number of aromatic amines is 1. The molecule has 1 saturated heterocycles. The molecule has 1 aliphatic heterocycles. The van der Waals surface area contributed by atoms with E-state index < -0.39 is 17.2 Å². The fourth-order valence-electron chi connectivity index (χ4n) is 4.54. The molecule has 1 aromatic carbocycles. The lowest BCUT2D eigenvalue weighted by molar-refractivity contribution is -0.153. The highest BCUT2D eigenvalue weighted by Crippen LogP contribution is 2.40. The van der Waals surface area contributed by atoms with Gasteiger partial charge in [-0.1, -0.05) is 35.3 Å². The molecule has 0 amide bonds. The lowest BCUT2D eigenvalue weighted by Gasteiger charge is -2.43. The first kappa shape index (κ1) is 24.4. The lowest BCUT2D eigenvalue weighted by Crippen LogP contribution is -2.49. The average Bonchev–Trinajstić information content (AvgIpc) is 3.20. The molecule has 0 bridgehead atoms. The van der Waals surface area contributed by atoms with Crippen LogP contribution in [0.3, 0.4) is 0 Å². The van der Waals surface area contributed by atoms with Crippen LogP contribution in [0.2, 0.25) is 10.0 Å². The zero-order chi connectivity index (χ0) is 24.5. The van der Waals surface area contributed by atoms with Crippen LogP contribution in [0.4, 0.5) is 16.0 Å². The molecular weight excluding hydrogens is 480 g/mol. The van der Waals surface area contributed by atoms with Crippen LogP contribution in [-0.4, -0.2) is 43.7 Å². The second kappa shape index (κ2) is 9.90. The van der Waals surface area contributed by atoms with Gasteiger partial charge in [-0.05, 0) is 57.0 Å². The number of piperidine rings is 1. The monoisotopic (exact) mass is 505 g/mol. The third kappa shape index (κ3) is 5.19. The summed E-state index contributed by atoms with van der Waals surface area (Å²) >= 11 is 12.5. The van der Waals surface area contributed by atoms with Crippen molar-refractivity contribution in [1.29, 1.82) is 0 Å². The minimum atomic E-state index is -1.12. The van der Waals surface area contributed by atoms with Crippen molar-refractivity contribution in [1.82, 2.24) is 20.1 Å². The average molecular weight is 506 g/mol. The molecule has 4 rings (SSSR count). The fraction of sp³-hybridized carbons (Fsp3) is 0.375. The van der Waals surface area contributed by atoms with E-state index in [1.54, 1.807) is 12.1 Å². The Balaban J connectivity index is 1.52. The normalized spacial score (nSPS) is 20.9. The highest BCUT2D eigenvalue weighted by Gasteiger charge is 2.45. The number of halogens is 3. The number of rotatable bonds is 7. The Hall–Kier alpha value is -2.68. The van der Waals surface area contributed by atoms with Gasteiger partial charge in [-0.25, -0.2) is 9.37 Å². The molecule has 0 aliphatic carbocycles. The second-order valence-corrected chi connectivity index (χ2v) is 9.72. The number of carboxylic acids is 1. The topological polar surface area (TPSA) is 94.1 Å². The predicted molar refractivity (Wildman–Crippen MR) is 130 cm³/mol. The molecular formula is C24H26Cl2FN5O2. The number of aromatic nitrogens is 3. The Bertz CT molecular complexity index is 1200. The summed E-state index contributed by atoms with van der Waals surface area (Å²) in [6.07, 6.45) is 0.722. The summed E-state index contributed by atoms with van der Waals surface area (Å²) in [7, 11) is 0. The fourth-order valence-corrected chi connectivity index (χ4v) is 4.92. The first-order valence-corrected chi connectivity index (χ1v) is 11.8. The first-order valence-electron chi connectivity index (χ1n) is 11.0. The Kier molecular flexibility index (Phi) is 7.12. The van der Waals surface area contributed by atoms with Crippen molar-refractivity contribution < 1.29 is 14.3 Å². The molecule has 3 heterocycles. The van der Waals surface area contributed by atoms with Crippen molar-refractivity contribution in [2.75, 3.05) is 11.9 Å². The summed E-state index contributed by atoms with van der Waals surface area (Å²) in [6.45, 7) is 4.94. The molecule has 0 saturated carbocycles. The van der Waals surface area contributed by atoms with E-state index in [2.05, 4.69) is 25.4 Å². The molecule has 180 valence electrons. The third-order valence-corrected chi connectivity index (χ3v) is 7.29. The van der Waals surface area contributed by atoms with Crippen LogP contribution in [0.25, 0.3) is 0 Å². The molecule has 2 aromatic heterocycles. The number of carbonyl (C=O) groups is 1. The largest absolute Gasteiger partial charge is 0.481 e. The lowest BCUT2D eigenvalue weighted by atomic mass is 9.72. The van der Waals surface area contributed by atoms with Crippen molar-refractivity contribution in [2.24, 2.45) is 5.41 Å². The van der Waals surface area contributed by atoms with Gasteiger partial charge >= 0.3 is 5.97 Å². The molecule has 34 heavy (non-hydrogen) atoms. The maximum absolute atomic E-state index is 14.7. The Morgan fingerprint density at radius 2 is 2.12 bits per heavy atom. The molecule has 3 N–H and O–H groups in total. The van der Waals surface area contributed by atoms with Crippen LogP contribution in [0.5, 0.6) is 0 Å². The second-order valence-electron chi connectivity index (χ2n) is 8.94. The van der Waals surface area contributed by atoms with Gasteiger partial charge in [0, 0.05) is 30.8 Å². The number of hydrogen-bond acceptors (Lipinski definition) is 5. The number of pyridine rings is 1. The minimum Gasteiger partial charge on any atom is -0.481 e. The maximum atomic E-state index is 14.7. The van der Waals surface area contributed by atoms with Gasteiger partial charge < -0.3 is 10.4 Å². The van der Waals surface area contributed by atoms with Crippen molar-refractivity contribution >= 4 is 40.8 Å². The number of aliphatic carboxylic acids is 1. The van der Waals surface area contributed by atoms with Crippen LogP contribution < -0.4 is 5.32 Å². The van der Waals surface area contributed by atoms with Crippen molar-refractivity contribution in [3.8, 4) is 0 Å². The van der Waals surface area contributed by atoms with E-state index in [1.165, 1.54) is 12.1 Å². The van der Waals surface area contributed by atoms with Crippen LogP contribution >= 0.6 is 23.2 Å². The summed E-state index contributed by atoms with van der Waals surface area (Å²) < 4.78 is 14.7. The van der Waals surface area contributed by atoms with Gasteiger partial charge in [0.1, 0.15) is 11.6 Å². The molecule has 10 heteroatoms. The van der Waals surface area contributed by atoms with E-state index in [4.69, 9.17) is 23.2 Å². The van der Waals surface area contributed by atoms with E-state index in [-0.39, 0.29) is 18.2 Å². The highest BCUT2D eigenvalue weighted by molar-refractivity contribution is 6.42. The highest BCUT2D eigenvalue weighted by atomic mass is 35.5. The van der Waals surface area contributed by atoms with Crippen LogP contribution in [0.15, 0.2) is 36.4 Å². The number of H-pyrrole nitrogens is 1. The number of benzene rings is 1. The van der Waals surface area contributed by atoms with Crippen molar-refractivity contribution in [3.63, 3.8) is 0 Å². The summed E-state index contributed by atoms with van der Waals surface area (Å²) in [4.78, 5) is 19.0. The van der Waals surface area contributed by atoms with Gasteiger partial charge in [0.25, 0.3) is 0 Å². The van der Waals surface area contributed by atoms with Crippen LogP contribution in [0.1, 0.15) is 36.7 Å². The number of carboxylic acid groups (broad SMARTS) is 1. The maximum Gasteiger partial charge on any atom is 0.310 e. The Labute approximate surface area is 207 Å². The molecule has 1 aliphatic rings. The summed E-state index contributed by atoms with van der Waals surface area (Å²) in [5.41, 5.74) is 0.764.